The summed E-state index contributed by atoms with van der Waals surface area (Å²) in [5.41, 5.74) is 0. The summed E-state index contributed by atoms with van der Waals surface area (Å²) in [6.45, 7) is 3.98. The van der Waals surface area contributed by atoms with Gasteiger partial charge in [0.25, 0.3) is 0 Å². The molecular weight excluding hydrogens is 198 g/mol. The predicted octanol–water partition coefficient (Wildman–Crippen LogP) is 0.581. The van der Waals surface area contributed by atoms with E-state index in [1.54, 1.807) is 0 Å². The maximum Gasteiger partial charge on any atom is 0.305 e. The van der Waals surface area contributed by atoms with Gasteiger partial charge in [-0.15, -0.1) is 0 Å². The minimum absolute atomic E-state index is 0.276. The van der Waals surface area contributed by atoms with Crippen LogP contribution in [0.15, 0.2) is 0 Å². The zero-order valence-electron chi connectivity index (χ0n) is 9.03. The van der Waals surface area contributed by atoms with E-state index in [0.29, 0.717) is 18.6 Å². The molecule has 1 amide bonds. The third kappa shape index (κ3) is 7.66. The molecule has 15 heavy (non-hydrogen) atoms. The van der Waals surface area contributed by atoms with Crippen molar-refractivity contribution >= 4 is 18.2 Å². The van der Waals surface area contributed by atoms with Crippen LogP contribution in [-0.4, -0.2) is 29.3 Å². The molecule has 0 rings (SSSR count). The van der Waals surface area contributed by atoms with Gasteiger partial charge in [0.2, 0.25) is 5.91 Å². The third-order valence-corrected chi connectivity index (χ3v) is 1.85. The molecule has 0 bridgehead atoms. The van der Waals surface area contributed by atoms with E-state index in [1.165, 1.54) is 0 Å². The Bertz CT molecular complexity index is 238. The Morgan fingerprint density at radius 2 is 2.00 bits per heavy atom. The molecule has 0 saturated carbocycles. The first kappa shape index (κ1) is 13.6. The highest BCUT2D eigenvalue weighted by molar-refractivity contribution is 5.82. The second kappa shape index (κ2) is 6.98. The summed E-state index contributed by atoms with van der Waals surface area (Å²) in [5.74, 6) is -0.969. The fourth-order valence-corrected chi connectivity index (χ4v) is 1.02. The summed E-state index contributed by atoms with van der Waals surface area (Å²) in [4.78, 5) is 32.0. The minimum Gasteiger partial charge on any atom is -0.481 e. The van der Waals surface area contributed by atoms with E-state index in [2.05, 4.69) is 5.32 Å². The SMILES string of the molecule is CC(C)CCC(=O)N[C@H](C=O)CC(=O)O. The summed E-state index contributed by atoms with van der Waals surface area (Å²) in [5, 5.41) is 10.8. The van der Waals surface area contributed by atoms with Gasteiger partial charge < -0.3 is 15.2 Å². The number of rotatable bonds is 7. The van der Waals surface area contributed by atoms with Gasteiger partial charge in [0.15, 0.2) is 0 Å². The Labute approximate surface area is 88.9 Å². The van der Waals surface area contributed by atoms with Gasteiger partial charge in [-0.1, -0.05) is 13.8 Å². The second-order valence-corrected chi connectivity index (χ2v) is 3.84. The van der Waals surface area contributed by atoms with E-state index < -0.39 is 12.0 Å². The van der Waals surface area contributed by atoms with Crippen LogP contribution in [0.4, 0.5) is 0 Å². The van der Waals surface area contributed by atoms with Crippen LogP contribution in [0.2, 0.25) is 0 Å². The molecule has 0 aliphatic heterocycles. The highest BCUT2D eigenvalue weighted by Gasteiger charge is 2.14. The Kier molecular flexibility index (Phi) is 6.33. The van der Waals surface area contributed by atoms with Gasteiger partial charge in [-0.2, -0.15) is 0 Å². The van der Waals surface area contributed by atoms with Crippen LogP contribution < -0.4 is 5.32 Å². The van der Waals surface area contributed by atoms with Crippen LogP contribution in [0.1, 0.15) is 33.1 Å². The van der Waals surface area contributed by atoms with E-state index in [0.717, 1.165) is 6.42 Å². The molecule has 0 aliphatic carbocycles. The largest absolute Gasteiger partial charge is 0.481 e. The standard InChI is InChI=1S/C10H17NO4/c1-7(2)3-4-9(13)11-8(6-12)5-10(14)15/h6-8H,3-5H2,1-2H3,(H,11,13)(H,14,15)/t8-/m0/s1. The van der Waals surface area contributed by atoms with E-state index >= 15 is 0 Å². The molecule has 0 radical (unpaired) electrons. The van der Waals surface area contributed by atoms with Gasteiger partial charge in [0.05, 0.1) is 12.5 Å². The van der Waals surface area contributed by atoms with Crippen molar-refractivity contribution in [3.8, 4) is 0 Å². The van der Waals surface area contributed by atoms with Crippen LogP contribution in [0, 0.1) is 5.92 Å². The topological polar surface area (TPSA) is 83.5 Å². The van der Waals surface area contributed by atoms with Crippen molar-refractivity contribution in [3.05, 3.63) is 0 Å². The molecule has 0 aliphatic rings. The molecule has 0 unspecified atom stereocenters. The number of hydrogen-bond donors (Lipinski definition) is 2. The lowest BCUT2D eigenvalue weighted by Gasteiger charge is -2.10. The lowest BCUT2D eigenvalue weighted by molar-refractivity contribution is -0.138. The van der Waals surface area contributed by atoms with Crippen molar-refractivity contribution in [2.45, 2.75) is 39.2 Å². The van der Waals surface area contributed by atoms with E-state index in [-0.39, 0.29) is 12.3 Å². The van der Waals surface area contributed by atoms with Gasteiger partial charge in [-0.05, 0) is 12.3 Å². The molecule has 0 aromatic rings. The zero-order valence-corrected chi connectivity index (χ0v) is 9.03. The second-order valence-electron chi connectivity index (χ2n) is 3.84. The summed E-state index contributed by atoms with van der Waals surface area (Å²) in [6.07, 6.45) is 1.13. The first-order valence-corrected chi connectivity index (χ1v) is 4.92. The average Bonchev–Trinajstić information content (AvgIpc) is 2.13. The number of amides is 1. The van der Waals surface area contributed by atoms with Gasteiger partial charge in [0, 0.05) is 6.42 Å². The van der Waals surface area contributed by atoms with Crippen molar-refractivity contribution in [2.75, 3.05) is 0 Å². The summed E-state index contributed by atoms with van der Waals surface area (Å²) in [7, 11) is 0. The smallest absolute Gasteiger partial charge is 0.305 e. The van der Waals surface area contributed by atoms with Crippen LogP contribution in [0.25, 0.3) is 0 Å². The lowest BCUT2D eigenvalue weighted by Crippen LogP contribution is -2.37. The molecule has 2 N–H and O–H groups in total. The highest BCUT2D eigenvalue weighted by Crippen LogP contribution is 2.03. The van der Waals surface area contributed by atoms with Crippen molar-refractivity contribution < 1.29 is 19.5 Å². The Morgan fingerprint density at radius 1 is 1.40 bits per heavy atom. The molecule has 86 valence electrons. The summed E-state index contributed by atoms with van der Waals surface area (Å²) < 4.78 is 0. The Balaban J connectivity index is 3.90. The number of hydrogen-bond acceptors (Lipinski definition) is 3. The van der Waals surface area contributed by atoms with Crippen molar-refractivity contribution in [2.24, 2.45) is 5.92 Å². The maximum absolute atomic E-state index is 11.2. The van der Waals surface area contributed by atoms with Gasteiger partial charge >= 0.3 is 5.97 Å². The number of aldehydes is 1. The Hall–Kier alpha value is -1.39. The number of carbonyl (C=O) groups is 3. The molecule has 0 aromatic carbocycles. The normalized spacial score (nSPS) is 12.2. The van der Waals surface area contributed by atoms with Gasteiger partial charge in [-0.25, -0.2) is 0 Å². The van der Waals surface area contributed by atoms with Gasteiger partial charge in [-0.3, -0.25) is 9.59 Å². The zero-order chi connectivity index (χ0) is 11.8. The molecule has 1 atom stereocenters. The van der Waals surface area contributed by atoms with E-state index in [4.69, 9.17) is 5.11 Å². The predicted molar refractivity (Wildman–Crippen MR) is 54.3 cm³/mol. The monoisotopic (exact) mass is 215 g/mol. The molecular formula is C10H17NO4. The van der Waals surface area contributed by atoms with Crippen LogP contribution in [0.5, 0.6) is 0 Å². The van der Waals surface area contributed by atoms with Crippen LogP contribution >= 0.6 is 0 Å². The molecule has 0 fully saturated rings. The molecule has 5 nitrogen and oxygen atoms in total. The van der Waals surface area contributed by atoms with Crippen molar-refractivity contribution in [1.29, 1.82) is 0 Å². The molecule has 5 heteroatoms. The first-order valence-electron chi connectivity index (χ1n) is 4.92. The number of carboxylic acids is 1. The van der Waals surface area contributed by atoms with Crippen molar-refractivity contribution in [1.82, 2.24) is 5.32 Å². The Morgan fingerprint density at radius 3 is 2.40 bits per heavy atom. The van der Waals surface area contributed by atoms with Crippen molar-refractivity contribution in [3.63, 3.8) is 0 Å². The van der Waals surface area contributed by atoms with Crippen LogP contribution in [0.3, 0.4) is 0 Å². The van der Waals surface area contributed by atoms with Gasteiger partial charge in [0.1, 0.15) is 6.29 Å². The molecule has 0 saturated heterocycles. The van der Waals surface area contributed by atoms with E-state index in [1.807, 2.05) is 13.8 Å². The quantitative estimate of drug-likeness (QED) is 0.608. The fraction of sp³-hybridized carbons (Fsp3) is 0.700. The van der Waals surface area contributed by atoms with Crippen LogP contribution in [-0.2, 0) is 14.4 Å². The molecule has 0 spiro atoms. The lowest BCUT2D eigenvalue weighted by atomic mass is 10.1. The first-order chi connectivity index (χ1) is 6.95. The third-order valence-electron chi connectivity index (χ3n) is 1.85. The summed E-state index contributed by atoms with van der Waals surface area (Å²) in [6, 6.07) is -0.915. The number of carboxylic acid groups (broad SMARTS) is 1. The number of carbonyl (C=O) groups excluding carboxylic acids is 2. The minimum atomic E-state index is -1.10. The number of nitrogens with one attached hydrogen (secondary N) is 1. The maximum atomic E-state index is 11.2. The highest BCUT2D eigenvalue weighted by atomic mass is 16.4. The fourth-order valence-electron chi connectivity index (χ4n) is 1.02. The summed E-state index contributed by atoms with van der Waals surface area (Å²) >= 11 is 0. The average molecular weight is 215 g/mol. The molecule has 0 aromatic heterocycles. The number of aliphatic carboxylic acids is 1. The van der Waals surface area contributed by atoms with E-state index in [9.17, 15) is 14.4 Å². The molecule has 0 heterocycles.